The van der Waals surface area contributed by atoms with E-state index >= 15 is 0 Å². The number of aliphatic hydroxyl groups is 1. The van der Waals surface area contributed by atoms with Crippen molar-refractivity contribution in [2.45, 2.75) is 37.6 Å². The van der Waals surface area contributed by atoms with E-state index in [1.54, 1.807) is 11.8 Å². The number of aryl methyl sites for hydroxylation is 1. The Kier molecular flexibility index (Phi) is 6.03. The Labute approximate surface area is 109 Å². The van der Waals surface area contributed by atoms with Gasteiger partial charge in [0.25, 0.3) is 0 Å². The van der Waals surface area contributed by atoms with Crippen molar-refractivity contribution in [3.63, 3.8) is 0 Å². The van der Waals surface area contributed by atoms with Crippen molar-refractivity contribution < 1.29 is 5.11 Å². The van der Waals surface area contributed by atoms with Gasteiger partial charge < -0.3 is 10.4 Å². The molecule has 0 saturated heterocycles. The van der Waals surface area contributed by atoms with E-state index in [2.05, 4.69) is 50.4 Å². The standard InChI is InChI=1S/C14H23NOS/c1-4-8-15-14(3,10-16)11-17-13-7-5-6-12(2)9-13/h5-7,9,15-16H,4,8,10-11H2,1-3H3. The minimum absolute atomic E-state index is 0.172. The molecule has 0 aliphatic rings. The molecule has 1 atom stereocenters. The fourth-order valence-electron chi connectivity index (χ4n) is 1.53. The van der Waals surface area contributed by atoms with Gasteiger partial charge in [0, 0.05) is 16.2 Å². The van der Waals surface area contributed by atoms with Crippen LogP contribution in [0.25, 0.3) is 0 Å². The number of rotatable bonds is 7. The minimum atomic E-state index is -0.190. The third-order valence-electron chi connectivity index (χ3n) is 2.70. The van der Waals surface area contributed by atoms with E-state index in [0.29, 0.717) is 0 Å². The fraction of sp³-hybridized carbons (Fsp3) is 0.571. The number of nitrogens with one attached hydrogen (secondary N) is 1. The largest absolute Gasteiger partial charge is 0.394 e. The summed E-state index contributed by atoms with van der Waals surface area (Å²) in [5.74, 6) is 0.882. The maximum atomic E-state index is 9.47. The van der Waals surface area contributed by atoms with Gasteiger partial charge in [-0.25, -0.2) is 0 Å². The zero-order valence-electron chi connectivity index (χ0n) is 11.0. The highest BCUT2D eigenvalue weighted by Gasteiger charge is 2.22. The lowest BCUT2D eigenvalue weighted by atomic mass is 10.1. The smallest absolute Gasteiger partial charge is 0.0618 e. The predicted molar refractivity (Wildman–Crippen MR) is 75.7 cm³/mol. The second kappa shape index (κ2) is 7.04. The Morgan fingerprint density at radius 3 is 2.76 bits per heavy atom. The zero-order valence-corrected chi connectivity index (χ0v) is 11.8. The predicted octanol–water partition coefficient (Wildman–Crippen LogP) is 2.84. The molecule has 96 valence electrons. The summed E-state index contributed by atoms with van der Waals surface area (Å²) in [6.07, 6.45) is 1.09. The van der Waals surface area contributed by atoms with Gasteiger partial charge in [-0.05, 0) is 38.9 Å². The van der Waals surface area contributed by atoms with E-state index < -0.39 is 0 Å². The number of benzene rings is 1. The topological polar surface area (TPSA) is 32.3 Å². The average Bonchev–Trinajstić information content (AvgIpc) is 2.34. The van der Waals surface area contributed by atoms with Gasteiger partial charge in [0.1, 0.15) is 0 Å². The summed E-state index contributed by atoms with van der Waals surface area (Å²) in [7, 11) is 0. The molecular weight excluding hydrogens is 230 g/mol. The summed E-state index contributed by atoms with van der Waals surface area (Å²) in [5.41, 5.74) is 1.09. The molecule has 1 unspecified atom stereocenters. The fourth-order valence-corrected chi connectivity index (χ4v) is 2.65. The van der Waals surface area contributed by atoms with Gasteiger partial charge in [0.2, 0.25) is 0 Å². The van der Waals surface area contributed by atoms with Crippen LogP contribution in [0.2, 0.25) is 0 Å². The molecule has 1 aromatic rings. The summed E-state index contributed by atoms with van der Waals surface area (Å²) < 4.78 is 0. The highest BCUT2D eigenvalue weighted by atomic mass is 32.2. The van der Waals surface area contributed by atoms with Crippen LogP contribution in [-0.2, 0) is 0 Å². The summed E-state index contributed by atoms with van der Waals surface area (Å²) >= 11 is 1.79. The molecule has 0 amide bonds. The van der Waals surface area contributed by atoms with Gasteiger partial charge in [-0.1, -0.05) is 24.6 Å². The molecule has 0 aliphatic heterocycles. The minimum Gasteiger partial charge on any atom is -0.394 e. The molecule has 17 heavy (non-hydrogen) atoms. The Bertz CT molecular complexity index is 343. The first-order chi connectivity index (χ1) is 8.09. The highest BCUT2D eigenvalue weighted by molar-refractivity contribution is 7.99. The van der Waals surface area contributed by atoms with Crippen LogP contribution in [0.15, 0.2) is 29.2 Å². The van der Waals surface area contributed by atoms with Crippen LogP contribution in [0, 0.1) is 6.92 Å². The SMILES string of the molecule is CCCNC(C)(CO)CSc1cccc(C)c1. The lowest BCUT2D eigenvalue weighted by Gasteiger charge is -2.28. The van der Waals surface area contributed by atoms with Crippen molar-refractivity contribution in [3.8, 4) is 0 Å². The zero-order chi connectivity index (χ0) is 12.7. The molecule has 0 spiro atoms. The second-order valence-electron chi connectivity index (χ2n) is 4.75. The molecule has 0 aliphatic carbocycles. The van der Waals surface area contributed by atoms with Crippen molar-refractivity contribution in [1.82, 2.24) is 5.32 Å². The first kappa shape index (κ1) is 14.6. The molecule has 0 fully saturated rings. The van der Waals surface area contributed by atoms with Crippen molar-refractivity contribution >= 4 is 11.8 Å². The van der Waals surface area contributed by atoms with E-state index in [1.165, 1.54) is 10.5 Å². The number of hydrogen-bond acceptors (Lipinski definition) is 3. The van der Waals surface area contributed by atoms with Gasteiger partial charge in [0.05, 0.1) is 6.61 Å². The third-order valence-corrected chi connectivity index (χ3v) is 4.07. The molecule has 0 bridgehead atoms. The van der Waals surface area contributed by atoms with Gasteiger partial charge in [-0.2, -0.15) is 0 Å². The maximum Gasteiger partial charge on any atom is 0.0618 e. The van der Waals surface area contributed by atoms with Gasteiger partial charge in [-0.3, -0.25) is 0 Å². The molecule has 1 rings (SSSR count). The summed E-state index contributed by atoms with van der Waals surface area (Å²) in [6.45, 7) is 7.44. The van der Waals surface area contributed by atoms with Crippen LogP contribution >= 0.6 is 11.8 Å². The van der Waals surface area contributed by atoms with Crippen LogP contribution in [0.1, 0.15) is 25.8 Å². The molecule has 3 heteroatoms. The van der Waals surface area contributed by atoms with Crippen molar-refractivity contribution in [3.05, 3.63) is 29.8 Å². The molecule has 2 nitrogen and oxygen atoms in total. The quantitative estimate of drug-likeness (QED) is 0.733. The molecule has 2 N–H and O–H groups in total. The summed E-state index contributed by atoms with van der Waals surface area (Å²) in [4.78, 5) is 1.27. The summed E-state index contributed by atoms with van der Waals surface area (Å²) in [5, 5.41) is 12.9. The third kappa shape index (κ3) is 5.11. The Morgan fingerprint density at radius 1 is 1.41 bits per heavy atom. The summed E-state index contributed by atoms with van der Waals surface area (Å²) in [6, 6.07) is 8.48. The van der Waals surface area contributed by atoms with E-state index in [4.69, 9.17) is 0 Å². The Hall–Kier alpha value is -0.510. The normalized spacial score (nSPS) is 14.6. The highest BCUT2D eigenvalue weighted by Crippen LogP contribution is 2.23. The van der Waals surface area contributed by atoms with E-state index in [1.807, 2.05) is 0 Å². The van der Waals surface area contributed by atoms with Crippen LogP contribution in [-0.4, -0.2) is 29.5 Å². The molecule has 0 aromatic heterocycles. The molecule has 0 radical (unpaired) electrons. The lowest BCUT2D eigenvalue weighted by Crippen LogP contribution is -2.48. The lowest BCUT2D eigenvalue weighted by molar-refractivity contribution is 0.192. The molecule has 0 saturated carbocycles. The van der Waals surface area contributed by atoms with Crippen LogP contribution < -0.4 is 5.32 Å². The number of aliphatic hydroxyl groups excluding tert-OH is 1. The van der Waals surface area contributed by atoms with E-state index in [0.717, 1.165) is 18.7 Å². The first-order valence-corrected chi connectivity index (χ1v) is 7.13. The van der Waals surface area contributed by atoms with Crippen molar-refractivity contribution in [2.24, 2.45) is 0 Å². The van der Waals surface area contributed by atoms with E-state index in [-0.39, 0.29) is 12.1 Å². The van der Waals surface area contributed by atoms with Gasteiger partial charge >= 0.3 is 0 Å². The van der Waals surface area contributed by atoms with Crippen LogP contribution in [0.5, 0.6) is 0 Å². The number of thioether (sulfide) groups is 1. The van der Waals surface area contributed by atoms with Crippen LogP contribution in [0.3, 0.4) is 0 Å². The van der Waals surface area contributed by atoms with Gasteiger partial charge in [-0.15, -0.1) is 11.8 Å². The maximum absolute atomic E-state index is 9.47. The van der Waals surface area contributed by atoms with Crippen molar-refractivity contribution in [2.75, 3.05) is 18.9 Å². The van der Waals surface area contributed by atoms with Crippen molar-refractivity contribution in [1.29, 1.82) is 0 Å². The van der Waals surface area contributed by atoms with Crippen LogP contribution in [0.4, 0.5) is 0 Å². The molecular formula is C14H23NOS. The average molecular weight is 253 g/mol. The number of hydrogen-bond donors (Lipinski definition) is 2. The Morgan fingerprint density at radius 2 is 2.18 bits per heavy atom. The van der Waals surface area contributed by atoms with E-state index in [9.17, 15) is 5.11 Å². The Balaban J connectivity index is 2.52. The second-order valence-corrected chi connectivity index (χ2v) is 5.80. The first-order valence-electron chi connectivity index (χ1n) is 6.15. The molecule has 0 heterocycles. The van der Waals surface area contributed by atoms with Gasteiger partial charge in [0.15, 0.2) is 0 Å². The monoisotopic (exact) mass is 253 g/mol. The molecule has 1 aromatic carbocycles.